The maximum absolute atomic E-state index is 15.1. The summed E-state index contributed by atoms with van der Waals surface area (Å²) in [5.74, 6) is -12.9. The fourth-order valence-corrected chi connectivity index (χ4v) is 11.2. The number of amides is 8. The van der Waals surface area contributed by atoms with E-state index in [1.807, 2.05) is 13.8 Å². The molecule has 0 saturated carbocycles. The third-order valence-electron chi connectivity index (χ3n) is 14.8. The maximum atomic E-state index is 15.1. The number of fused-ring (bicyclic) bond motifs is 4. The average molecular weight is 1110 g/mol. The van der Waals surface area contributed by atoms with Gasteiger partial charge >= 0.3 is 0 Å². The fourth-order valence-electron chi connectivity index (χ4n) is 9.72. The third-order valence-corrected chi connectivity index (χ3v) is 16.2. The van der Waals surface area contributed by atoms with E-state index in [1.54, 1.807) is 11.8 Å². The summed E-state index contributed by atoms with van der Waals surface area (Å²) in [6, 6.07) is 0.672. The van der Waals surface area contributed by atoms with Crippen molar-refractivity contribution in [3.63, 3.8) is 0 Å². The minimum absolute atomic E-state index is 0.0216. The van der Waals surface area contributed by atoms with Gasteiger partial charge in [-0.05, 0) is 48.8 Å². The van der Waals surface area contributed by atoms with Crippen molar-refractivity contribution in [3.05, 3.63) is 35.9 Å². The molecule has 0 aliphatic carbocycles. The van der Waals surface area contributed by atoms with E-state index in [2.05, 4.69) is 26.3 Å². The molecule has 25 nitrogen and oxygen atoms in total. The quantitative estimate of drug-likeness (QED) is 0.0522. The van der Waals surface area contributed by atoms with Gasteiger partial charge in [0, 0.05) is 92.6 Å². The van der Waals surface area contributed by atoms with E-state index < -0.39 is 187 Å². The minimum atomic E-state index is -2.40. The molecule has 3 aliphatic rings. The van der Waals surface area contributed by atoms with Crippen LogP contribution < -0.4 is 37.5 Å². The number of ether oxygens (including phenoxy) is 1. The molecular formula is C52H73N9O16S. The molecule has 4 heterocycles. The lowest BCUT2D eigenvalue weighted by Crippen LogP contribution is -2.52. The van der Waals surface area contributed by atoms with Crippen LogP contribution >= 0.6 is 0 Å². The van der Waals surface area contributed by atoms with Gasteiger partial charge in [-0.25, -0.2) is 0 Å². The second-order valence-corrected chi connectivity index (χ2v) is 21.9. The number of rotatable bonds is 19. The van der Waals surface area contributed by atoms with Gasteiger partial charge in [0.2, 0.25) is 35.4 Å². The number of hydrogen-bond acceptors (Lipinski definition) is 17. The molecule has 1 saturated heterocycles. The van der Waals surface area contributed by atoms with Crippen molar-refractivity contribution in [2.24, 2.45) is 41.1 Å². The normalized spacial score (nSPS) is 24.8. The van der Waals surface area contributed by atoms with Gasteiger partial charge in [-0.15, -0.1) is 0 Å². The summed E-state index contributed by atoms with van der Waals surface area (Å²) in [4.78, 5) is 152. The molecule has 5 rings (SSSR count). The van der Waals surface area contributed by atoms with Crippen molar-refractivity contribution in [2.75, 3.05) is 51.7 Å². The number of primary amides is 2. The predicted octanol–water partition coefficient (Wildman–Crippen LogP) is -2.30. The number of aromatic nitrogens is 1. The minimum Gasteiger partial charge on any atom is -0.493 e. The Morgan fingerprint density at radius 3 is 2.29 bits per heavy atom. The summed E-state index contributed by atoms with van der Waals surface area (Å²) >= 11 is 0. The van der Waals surface area contributed by atoms with E-state index in [0.717, 1.165) is 17.1 Å². The van der Waals surface area contributed by atoms with Crippen molar-refractivity contribution >= 4 is 86.3 Å². The first-order chi connectivity index (χ1) is 36.9. The summed E-state index contributed by atoms with van der Waals surface area (Å²) in [5.41, 5.74) is 11.3. The molecule has 1 aromatic carbocycles. The van der Waals surface area contributed by atoms with Crippen LogP contribution in [0.25, 0.3) is 10.9 Å². The highest BCUT2D eigenvalue weighted by Gasteiger charge is 2.39. The van der Waals surface area contributed by atoms with E-state index in [-0.39, 0.29) is 73.2 Å². The summed E-state index contributed by atoms with van der Waals surface area (Å²) in [6.45, 7) is 4.43. The van der Waals surface area contributed by atoms with E-state index in [9.17, 15) is 68.1 Å². The van der Waals surface area contributed by atoms with Gasteiger partial charge in [-0.3, -0.25) is 66.7 Å². The van der Waals surface area contributed by atoms with Crippen molar-refractivity contribution in [2.45, 2.75) is 121 Å². The topological polar surface area (TPSA) is 397 Å². The number of Topliss-reactive ketones (excluding diaryl/α,β-unsaturated/α-hetero) is 3. The van der Waals surface area contributed by atoms with Crippen LogP contribution in [0.2, 0.25) is 0 Å². The van der Waals surface area contributed by atoms with E-state index >= 15 is 4.21 Å². The molecular weight excluding hydrogens is 1040 g/mol. The zero-order valence-electron chi connectivity index (χ0n) is 44.3. The number of aliphatic hydroxyl groups excluding tert-OH is 3. The van der Waals surface area contributed by atoms with Crippen molar-refractivity contribution in [3.8, 4) is 5.75 Å². The molecule has 0 bridgehead atoms. The third kappa shape index (κ3) is 17.1. The highest BCUT2D eigenvalue weighted by atomic mass is 32.2. The lowest BCUT2D eigenvalue weighted by Gasteiger charge is -2.28. The number of hydrogen-bond donors (Lipinski definition) is 10. The van der Waals surface area contributed by atoms with Crippen molar-refractivity contribution < 1.29 is 77.0 Å². The predicted molar refractivity (Wildman–Crippen MR) is 279 cm³/mol. The molecule has 3 aliphatic heterocycles. The number of nitrogens with one attached hydrogen (secondary N) is 5. The van der Waals surface area contributed by atoms with Crippen LogP contribution in [0.3, 0.4) is 0 Å². The number of carbonyl (C=O) groups is 11. The first kappa shape index (κ1) is 62.1. The number of aromatic amines is 1. The number of nitrogens with zero attached hydrogens (tertiary/aromatic N) is 2. The Hall–Kier alpha value is -6.74. The zero-order valence-corrected chi connectivity index (χ0v) is 45.1. The van der Waals surface area contributed by atoms with Crippen molar-refractivity contribution in [1.82, 2.24) is 36.1 Å². The van der Waals surface area contributed by atoms with Crippen LogP contribution in [0, 0.1) is 29.6 Å². The Balaban J connectivity index is 1.63. The number of ketones is 3. The monoisotopic (exact) mass is 1110 g/mol. The molecule has 1 unspecified atom stereocenters. The molecule has 12 N–H and O–H groups in total. The number of imide groups is 1. The number of nitrogens with two attached hydrogens (primary N) is 2. The van der Waals surface area contributed by atoms with Crippen LogP contribution in [-0.4, -0.2) is 181 Å². The standard InChI is InChI=1S/C52H73N9O16S/c1-5-27(2)28(3)49(73)56-22-46(70)57-40-26-78(76)52-37(35-10-9-34(19-38(35)59-52)77-14-6-13-61-47(71)11-12-48(61)72)20-39(51(75)55-21-45(54)69)58-50(74)36(29(4)43(67)25-62)18-32(63)8-7-31-17-33(64)23-60(31)24-42(66)30(15-41(40)65)16-44(53)68/h9-12,19,27-31,33,36,39-40,43,59,62,64,67H,5-8,13-18,20-26H2,1-4H3,(H2,53,68)(H2,54,69)(H,55,75)(H,56,73)(H,57,70)(H,58,74)/t27-,28-,29+,30-,31+,33+,36-,39-,40-,43-,78?/m0/s1. The molecule has 0 spiro atoms. The Bertz CT molecular complexity index is 2640. The Morgan fingerprint density at radius 1 is 0.936 bits per heavy atom. The lowest BCUT2D eigenvalue weighted by molar-refractivity contribution is -0.137. The van der Waals surface area contributed by atoms with Gasteiger partial charge < -0.3 is 57.8 Å². The van der Waals surface area contributed by atoms with Crippen LogP contribution in [0.5, 0.6) is 5.75 Å². The van der Waals surface area contributed by atoms with Gasteiger partial charge in [-0.2, -0.15) is 0 Å². The summed E-state index contributed by atoms with van der Waals surface area (Å²) in [7, 11) is -2.40. The van der Waals surface area contributed by atoms with Crippen molar-refractivity contribution in [1.29, 1.82) is 0 Å². The number of H-pyrrole nitrogens is 1. The van der Waals surface area contributed by atoms with Crippen LogP contribution in [0.4, 0.5) is 0 Å². The van der Waals surface area contributed by atoms with Gasteiger partial charge in [0.15, 0.2) is 11.6 Å². The van der Waals surface area contributed by atoms with E-state index in [1.165, 1.54) is 25.1 Å². The molecule has 11 atom stereocenters. The van der Waals surface area contributed by atoms with Gasteiger partial charge in [0.25, 0.3) is 11.8 Å². The molecule has 78 heavy (non-hydrogen) atoms. The van der Waals surface area contributed by atoms with Crippen LogP contribution in [0.1, 0.15) is 84.6 Å². The second-order valence-electron chi connectivity index (χ2n) is 20.5. The summed E-state index contributed by atoms with van der Waals surface area (Å²) in [5, 5.41) is 41.8. The maximum Gasteiger partial charge on any atom is 0.253 e. The Kier molecular flexibility index (Phi) is 22.9. The molecule has 0 radical (unpaired) electrons. The highest BCUT2D eigenvalue weighted by molar-refractivity contribution is 7.85. The van der Waals surface area contributed by atoms with Gasteiger partial charge in [-0.1, -0.05) is 34.1 Å². The summed E-state index contributed by atoms with van der Waals surface area (Å²) < 4.78 is 21.0. The first-order valence-corrected chi connectivity index (χ1v) is 27.4. The largest absolute Gasteiger partial charge is 0.493 e. The van der Waals surface area contributed by atoms with Crippen LogP contribution in [-0.2, 0) is 70.0 Å². The first-order valence-electron chi connectivity index (χ1n) is 26.1. The number of carbonyl (C=O) groups excluding carboxylic acids is 11. The Labute approximate surface area is 453 Å². The van der Waals surface area contributed by atoms with E-state index in [4.69, 9.17) is 16.2 Å². The van der Waals surface area contributed by atoms with Gasteiger partial charge in [0.05, 0.1) is 73.2 Å². The van der Waals surface area contributed by atoms with E-state index in [0.29, 0.717) is 11.8 Å². The SMILES string of the molecule is CC[C@H](C)[C@H](C)C(=O)NCC(=O)N[C@H]1CS(=O)c2[nH]c3cc(OCCCN4C(=O)C=CC4=O)ccc3c2C[C@@H](C(=O)NCC(N)=O)NC(=O)[C@H]([C@@H](C)[C@@H](O)CO)CC(=O)CC[C@@H]2C[C@@H](O)CN2CC(=O)[C@H](CC(N)=O)CC1=O. The summed E-state index contributed by atoms with van der Waals surface area (Å²) in [6.07, 6.45) is -1.55. The molecule has 8 amide bonds. The molecule has 428 valence electrons. The smallest absolute Gasteiger partial charge is 0.253 e. The molecule has 1 fully saturated rings. The Morgan fingerprint density at radius 2 is 1.64 bits per heavy atom. The molecule has 2 aromatic rings. The zero-order chi connectivity index (χ0) is 57.5. The molecule has 1 aromatic heterocycles. The second kappa shape index (κ2) is 28.8. The average Bonchev–Trinajstić information content (AvgIpc) is 4.08. The molecule has 26 heteroatoms. The van der Waals surface area contributed by atoms with Gasteiger partial charge in [0.1, 0.15) is 22.6 Å². The highest BCUT2D eigenvalue weighted by Crippen LogP contribution is 2.32. The lowest BCUT2D eigenvalue weighted by atomic mass is 9.83. The van der Waals surface area contributed by atoms with Crippen LogP contribution in [0.15, 0.2) is 35.4 Å². The fraction of sp³-hybridized carbons (Fsp3) is 0.596. The number of benzene rings is 1. The number of aliphatic hydroxyl groups is 3.